The molecule has 0 radical (unpaired) electrons. The minimum atomic E-state index is -0.266. The zero-order valence-electron chi connectivity index (χ0n) is 9.26. The SMILES string of the molecule is Cc1cc(-c2nc(Cl)c(C)c(Cl)n2)ccc1F. The fraction of sp³-hybridized carbons (Fsp3) is 0.167. The van der Waals surface area contributed by atoms with Gasteiger partial charge in [-0.1, -0.05) is 23.2 Å². The maximum Gasteiger partial charge on any atom is 0.162 e. The van der Waals surface area contributed by atoms with Crippen LogP contribution in [0.5, 0.6) is 0 Å². The first-order chi connectivity index (χ1) is 7.99. The van der Waals surface area contributed by atoms with Gasteiger partial charge in [-0.2, -0.15) is 0 Å². The predicted octanol–water partition coefficient (Wildman–Crippen LogP) is 4.21. The van der Waals surface area contributed by atoms with Gasteiger partial charge >= 0.3 is 0 Å². The molecule has 0 saturated heterocycles. The van der Waals surface area contributed by atoms with E-state index in [0.29, 0.717) is 32.8 Å². The van der Waals surface area contributed by atoms with E-state index in [1.807, 2.05) is 0 Å². The summed E-state index contributed by atoms with van der Waals surface area (Å²) in [4.78, 5) is 8.24. The van der Waals surface area contributed by atoms with Crippen molar-refractivity contribution < 1.29 is 4.39 Å². The lowest BCUT2D eigenvalue weighted by molar-refractivity contribution is 0.618. The number of rotatable bonds is 1. The van der Waals surface area contributed by atoms with Crippen molar-refractivity contribution in [3.63, 3.8) is 0 Å². The molecule has 0 bridgehead atoms. The highest BCUT2D eigenvalue weighted by atomic mass is 35.5. The molecule has 0 amide bonds. The molecular weight excluding hydrogens is 262 g/mol. The summed E-state index contributed by atoms with van der Waals surface area (Å²) in [6, 6.07) is 4.63. The lowest BCUT2D eigenvalue weighted by atomic mass is 10.1. The number of hydrogen-bond donors (Lipinski definition) is 0. The summed E-state index contributed by atoms with van der Waals surface area (Å²) in [5.41, 5.74) is 1.85. The topological polar surface area (TPSA) is 25.8 Å². The quantitative estimate of drug-likeness (QED) is 0.726. The normalized spacial score (nSPS) is 10.6. The van der Waals surface area contributed by atoms with E-state index >= 15 is 0 Å². The molecular formula is C12H9Cl2FN2. The first kappa shape index (κ1) is 12.3. The van der Waals surface area contributed by atoms with Gasteiger partial charge < -0.3 is 0 Å². The van der Waals surface area contributed by atoms with Crippen LogP contribution in [0.15, 0.2) is 18.2 Å². The molecule has 1 aromatic heterocycles. The summed E-state index contributed by atoms with van der Waals surface area (Å²) in [6.45, 7) is 3.42. The second kappa shape index (κ2) is 4.59. The van der Waals surface area contributed by atoms with Crippen LogP contribution in [-0.2, 0) is 0 Å². The largest absolute Gasteiger partial charge is 0.216 e. The van der Waals surface area contributed by atoms with Crippen molar-refractivity contribution in [1.82, 2.24) is 9.97 Å². The minimum absolute atomic E-state index is 0.266. The van der Waals surface area contributed by atoms with Crippen molar-refractivity contribution in [1.29, 1.82) is 0 Å². The van der Waals surface area contributed by atoms with Crippen LogP contribution >= 0.6 is 23.2 Å². The average Bonchev–Trinajstić information content (AvgIpc) is 2.29. The van der Waals surface area contributed by atoms with Gasteiger partial charge in [0.05, 0.1) is 0 Å². The van der Waals surface area contributed by atoms with Crippen LogP contribution in [-0.4, -0.2) is 9.97 Å². The third-order valence-corrected chi connectivity index (χ3v) is 3.18. The van der Waals surface area contributed by atoms with Crippen LogP contribution < -0.4 is 0 Å². The van der Waals surface area contributed by atoms with E-state index in [9.17, 15) is 4.39 Å². The van der Waals surface area contributed by atoms with E-state index in [0.717, 1.165) is 0 Å². The van der Waals surface area contributed by atoms with Gasteiger partial charge in [-0.3, -0.25) is 0 Å². The van der Waals surface area contributed by atoms with E-state index in [1.54, 1.807) is 26.0 Å². The molecule has 0 fully saturated rings. The summed E-state index contributed by atoms with van der Waals surface area (Å²) >= 11 is 11.9. The first-order valence-corrected chi connectivity index (χ1v) is 5.71. The molecule has 1 aromatic carbocycles. The van der Waals surface area contributed by atoms with Gasteiger partial charge in [0, 0.05) is 11.1 Å². The first-order valence-electron chi connectivity index (χ1n) is 4.95. The maximum atomic E-state index is 13.1. The smallest absolute Gasteiger partial charge is 0.162 e. The highest BCUT2D eigenvalue weighted by molar-refractivity contribution is 6.34. The lowest BCUT2D eigenvalue weighted by Crippen LogP contribution is -1.95. The third kappa shape index (κ3) is 2.40. The number of nitrogens with zero attached hydrogens (tertiary/aromatic N) is 2. The molecule has 1 heterocycles. The standard InChI is InChI=1S/C12H9Cl2FN2/c1-6-5-8(3-4-9(6)15)12-16-10(13)7(2)11(14)17-12/h3-5H,1-2H3. The molecule has 5 heteroatoms. The molecule has 0 atom stereocenters. The Morgan fingerprint density at radius 2 is 1.65 bits per heavy atom. The monoisotopic (exact) mass is 270 g/mol. The van der Waals surface area contributed by atoms with Crippen LogP contribution in [0.25, 0.3) is 11.4 Å². The van der Waals surface area contributed by atoms with Gasteiger partial charge in [0.2, 0.25) is 0 Å². The second-order valence-corrected chi connectivity index (χ2v) is 4.43. The zero-order valence-corrected chi connectivity index (χ0v) is 10.8. The molecule has 0 spiro atoms. The predicted molar refractivity (Wildman–Crippen MR) is 66.9 cm³/mol. The van der Waals surface area contributed by atoms with E-state index in [-0.39, 0.29) is 5.82 Å². The van der Waals surface area contributed by atoms with Crippen molar-refractivity contribution in [2.45, 2.75) is 13.8 Å². The average molecular weight is 271 g/mol. The number of halogens is 3. The Bertz CT molecular complexity index is 562. The lowest BCUT2D eigenvalue weighted by Gasteiger charge is -2.05. The van der Waals surface area contributed by atoms with E-state index in [2.05, 4.69) is 9.97 Å². The Morgan fingerprint density at radius 3 is 2.18 bits per heavy atom. The number of benzene rings is 1. The fourth-order valence-corrected chi connectivity index (χ4v) is 1.76. The minimum Gasteiger partial charge on any atom is -0.216 e. The van der Waals surface area contributed by atoms with Gasteiger partial charge in [-0.05, 0) is 37.6 Å². The summed E-state index contributed by atoms with van der Waals surface area (Å²) in [6.07, 6.45) is 0. The van der Waals surface area contributed by atoms with E-state index < -0.39 is 0 Å². The number of aromatic nitrogens is 2. The van der Waals surface area contributed by atoms with Crippen molar-refractivity contribution in [2.24, 2.45) is 0 Å². The second-order valence-electron chi connectivity index (χ2n) is 3.72. The molecule has 88 valence electrons. The molecule has 0 saturated carbocycles. The molecule has 2 nitrogen and oxygen atoms in total. The Hall–Kier alpha value is -1.19. The maximum absolute atomic E-state index is 13.1. The molecule has 0 unspecified atom stereocenters. The summed E-state index contributed by atoms with van der Waals surface area (Å²) in [7, 11) is 0. The summed E-state index contributed by atoms with van der Waals surface area (Å²) < 4.78 is 13.1. The molecule has 17 heavy (non-hydrogen) atoms. The highest BCUT2D eigenvalue weighted by Gasteiger charge is 2.10. The van der Waals surface area contributed by atoms with Gasteiger partial charge in [0.15, 0.2) is 5.82 Å². The van der Waals surface area contributed by atoms with Crippen molar-refractivity contribution in [3.8, 4) is 11.4 Å². The van der Waals surface area contributed by atoms with Crippen molar-refractivity contribution in [2.75, 3.05) is 0 Å². The Labute approximate surface area is 108 Å². The summed E-state index contributed by atoms with van der Waals surface area (Å²) in [5, 5.41) is 0.615. The molecule has 0 aliphatic heterocycles. The molecule has 0 aliphatic carbocycles. The van der Waals surface area contributed by atoms with Gasteiger partial charge in [0.25, 0.3) is 0 Å². The van der Waals surface area contributed by atoms with E-state index in [4.69, 9.17) is 23.2 Å². The summed E-state index contributed by atoms with van der Waals surface area (Å²) in [5.74, 6) is 0.131. The molecule has 2 rings (SSSR count). The van der Waals surface area contributed by atoms with Gasteiger partial charge in [-0.25, -0.2) is 14.4 Å². The van der Waals surface area contributed by atoms with Crippen LogP contribution in [0, 0.1) is 19.7 Å². The number of aryl methyl sites for hydroxylation is 1. The van der Waals surface area contributed by atoms with Crippen LogP contribution in [0.3, 0.4) is 0 Å². The Kier molecular flexibility index (Phi) is 3.31. The van der Waals surface area contributed by atoms with Gasteiger partial charge in [0.1, 0.15) is 16.1 Å². The van der Waals surface area contributed by atoms with Gasteiger partial charge in [-0.15, -0.1) is 0 Å². The molecule has 0 N–H and O–H groups in total. The van der Waals surface area contributed by atoms with Crippen molar-refractivity contribution in [3.05, 3.63) is 45.4 Å². The fourth-order valence-electron chi connectivity index (χ4n) is 1.38. The highest BCUT2D eigenvalue weighted by Crippen LogP contribution is 2.25. The van der Waals surface area contributed by atoms with E-state index in [1.165, 1.54) is 6.07 Å². The van der Waals surface area contributed by atoms with Crippen LogP contribution in [0.4, 0.5) is 4.39 Å². The Morgan fingerprint density at radius 1 is 1.06 bits per heavy atom. The van der Waals surface area contributed by atoms with Crippen LogP contribution in [0.2, 0.25) is 10.3 Å². The van der Waals surface area contributed by atoms with Crippen molar-refractivity contribution >= 4 is 23.2 Å². The molecule has 0 aliphatic rings. The number of hydrogen-bond acceptors (Lipinski definition) is 2. The zero-order chi connectivity index (χ0) is 12.6. The Balaban J connectivity index is 2.57. The van der Waals surface area contributed by atoms with Crippen LogP contribution in [0.1, 0.15) is 11.1 Å². The molecule has 2 aromatic rings. The third-order valence-electron chi connectivity index (χ3n) is 2.44.